The molecule has 0 saturated heterocycles. The van der Waals surface area contributed by atoms with Gasteiger partial charge in [-0.05, 0) is 49.4 Å². The van der Waals surface area contributed by atoms with Crippen LogP contribution in [0.1, 0.15) is 36.8 Å². The molecule has 1 aromatic rings. The van der Waals surface area contributed by atoms with E-state index < -0.39 is 11.4 Å². The second-order valence-corrected chi connectivity index (χ2v) is 5.04. The van der Waals surface area contributed by atoms with Crippen LogP contribution in [0.2, 0.25) is 0 Å². The molecule has 2 nitrogen and oxygen atoms in total. The fraction of sp³-hybridized carbons (Fsp3) is 0.500. The summed E-state index contributed by atoms with van der Waals surface area (Å²) in [6.07, 6.45) is 3.78. The van der Waals surface area contributed by atoms with E-state index in [9.17, 15) is 14.3 Å². The Kier molecular flexibility index (Phi) is 3.18. The summed E-state index contributed by atoms with van der Waals surface area (Å²) in [4.78, 5) is 11.4. The first-order valence-electron chi connectivity index (χ1n) is 6.02. The summed E-state index contributed by atoms with van der Waals surface area (Å²) in [7, 11) is 0. The SMILES string of the molecule is Cc1ccc(F)cc1CC1(C(=O)O)CCCC1. The molecule has 0 radical (unpaired) electrons. The molecule has 0 amide bonds. The van der Waals surface area contributed by atoms with Crippen molar-refractivity contribution in [3.63, 3.8) is 0 Å². The number of hydrogen-bond donors (Lipinski definition) is 1. The Hall–Kier alpha value is -1.38. The molecule has 1 fully saturated rings. The summed E-state index contributed by atoms with van der Waals surface area (Å²) in [5.74, 6) is -1.03. The minimum atomic E-state index is -0.737. The molecule has 0 aliphatic heterocycles. The van der Waals surface area contributed by atoms with E-state index in [0.29, 0.717) is 19.3 Å². The van der Waals surface area contributed by atoms with E-state index in [-0.39, 0.29) is 5.82 Å². The zero-order chi connectivity index (χ0) is 12.5. The fourth-order valence-electron chi connectivity index (χ4n) is 2.71. The van der Waals surface area contributed by atoms with Crippen LogP contribution in [-0.4, -0.2) is 11.1 Å². The van der Waals surface area contributed by atoms with Gasteiger partial charge in [-0.2, -0.15) is 0 Å². The second-order valence-electron chi connectivity index (χ2n) is 5.04. The molecule has 0 bridgehead atoms. The summed E-state index contributed by atoms with van der Waals surface area (Å²) in [5.41, 5.74) is 1.13. The molecule has 1 aliphatic rings. The van der Waals surface area contributed by atoms with Gasteiger partial charge >= 0.3 is 5.97 Å². The van der Waals surface area contributed by atoms with Gasteiger partial charge in [0.15, 0.2) is 0 Å². The number of carboxylic acids is 1. The Bertz CT molecular complexity index is 434. The molecule has 0 heterocycles. The van der Waals surface area contributed by atoms with Crippen molar-refractivity contribution in [2.75, 3.05) is 0 Å². The minimum Gasteiger partial charge on any atom is -0.481 e. The maximum absolute atomic E-state index is 13.2. The van der Waals surface area contributed by atoms with Crippen molar-refractivity contribution in [2.24, 2.45) is 5.41 Å². The lowest BCUT2D eigenvalue weighted by molar-refractivity contribution is -0.148. The third-order valence-electron chi connectivity index (χ3n) is 3.85. The van der Waals surface area contributed by atoms with E-state index in [0.717, 1.165) is 24.0 Å². The van der Waals surface area contributed by atoms with E-state index in [1.807, 2.05) is 6.92 Å². The third kappa shape index (κ3) is 2.33. The highest BCUT2D eigenvalue weighted by Crippen LogP contribution is 2.41. The highest BCUT2D eigenvalue weighted by atomic mass is 19.1. The van der Waals surface area contributed by atoms with Crippen LogP contribution < -0.4 is 0 Å². The lowest BCUT2D eigenvalue weighted by Crippen LogP contribution is -2.30. The Morgan fingerprint density at radius 3 is 2.65 bits per heavy atom. The van der Waals surface area contributed by atoms with Crippen LogP contribution in [0.3, 0.4) is 0 Å². The highest BCUT2D eigenvalue weighted by molar-refractivity contribution is 5.75. The van der Waals surface area contributed by atoms with Gasteiger partial charge in [0.2, 0.25) is 0 Å². The summed E-state index contributed by atoms with van der Waals surface area (Å²) in [5, 5.41) is 9.39. The van der Waals surface area contributed by atoms with E-state index in [4.69, 9.17) is 0 Å². The smallest absolute Gasteiger partial charge is 0.309 e. The van der Waals surface area contributed by atoms with Crippen LogP contribution in [0, 0.1) is 18.2 Å². The van der Waals surface area contributed by atoms with Crippen molar-refractivity contribution in [3.8, 4) is 0 Å². The van der Waals surface area contributed by atoms with E-state index >= 15 is 0 Å². The van der Waals surface area contributed by atoms with E-state index in [1.54, 1.807) is 6.07 Å². The lowest BCUT2D eigenvalue weighted by atomic mass is 9.79. The van der Waals surface area contributed by atoms with E-state index in [1.165, 1.54) is 12.1 Å². The molecule has 0 aromatic heterocycles. The average molecular weight is 236 g/mol. The molecule has 3 heteroatoms. The third-order valence-corrected chi connectivity index (χ3v) is 3.85. The van der Waals surface area contributed by atoms with Gasteiger partial charge in [-0.1, -0.05) is 18.9 Å². The maximum atomic E-state index is 13.2. The summed E-state index contributed by atoms with van der Waals surface area (Å²) in [6, 6.07) is 4.61. The van der Waals surface area contributed by atoms with Crippen molar-refractivity contribution in [1.82, 2.24) is 0 Å². The number of carboxylic acid groups (broad SMARTS) is 1. The Morgan fingerprint density at radius 2 is 2.06 bits per heavy atom. The molecular formula is C14H17FO2. The Morgan fingerprint density at radius 1 is 1.41 bits per heavy atom. The second kappa shape index (κ2) is 4.47. The molecule has 92 valence electrons. The molecule has 2 rings (SSSR count). The quantitative estimate of drug-likeness (QED) is 0.874. The van der Waals surface area contributed by atoms with Crippen molar-refractivity contribution < 1.29 is 14.3 Å². The molecular weight excluding hydrogens is 219 g/mol. The zero-order valence-electron chi connectivity index (χ0n) is 10.0. The minimum absolute atomic E-state index is 0.288. The predicted molar refractivity (Wildman–Crippen MR) is 63.4 cm³/mol. The maximum Gasteiger partial charge on any atom is 0.309 e. The van der Waals surface area contributed by atoms with Crippen LogP contribution in [0.15, 0.2) is 18.2 Å². The van der Waals surface area contributed by atoms with Gasteiger partial charge < -0.3 is 5.11 Å². The number of carbonyl (C=O) groups is 1. The molecule has 0 atom stereocenters. The van der Waals surface area contributed by atoms with Crippen LogP contribution in [-0.2, 0) is 11.2 Å². The van der Waals surface area contributed by atoms with Gasteiger partial charge in [0.1, 0.15) is 5.82 Å². The Labute approximate surface area is 100 Å². The van der Waals surface area contributed by atoms with Crippen molar-refractivity contribution in [2.45, 2.75) is 39.0 Å². The number of benzene rings is 1. The monoisotopic (exact) mass is 236 g/mol. The first kappa shape index (κ1) is 12.1. The van der Waals surface area contributed by atoms with Crippen molar-refractivity contribution >= 4 is 5.97 Å². The largest absolute Gasteiger partial charge is 0.481 e. The zero-order valence-corrected chi connectivity index (χ0v) is 10.0. The van der Waals surface area contributed by atoms with Crippen LogP contribution in [0.25, 0.3) is 0 Å². The first-order chi connectivity index (χ1) is 8.03. The first-order valence-corrected chi connectivity index (χ1v) is 6.02. The van der Waals surface area contributed by atoms with Crippen LogP contribution in [0.5, 0.6) is 0 Å². The summed E-state index contributed by atoms with van der Waals surface area (Å²) >= 11 is 0. The van der Waals surface area contributed by atoms with E-state index in [2.05, 4.69) is 0 Å². The molecule has 17 heavy (non-hydrogen) atoms. The van der Waals surface area contributed by atoms with Crippen molar-refractivity contribution in [1.29, 1.82) is 0 Å². The van der Waals surface area contributed by atoms with Gasteiger partial charge in [0.25, 0.3) is 0 Å². The topological polar surface area (TPSA) is 37.3 Å². The number of hydrogen-bond acceptors (Lipinski definition) is 1. The van der Waals surface area contributed by atoms with Gasteiger partial charge in [0.05, 0.1) is 5.41 Å². The molecule has 0 spiro atoms. The van der Waals surface area contributed by atoms with Gasteiger partial charge in [-0.25, -0.2) is 4.39 Å². The fourth-order valence-corrected chi connectivity index (χ4v) is 2.71. The number of aliphatic carboxylic acids is 1. The summed E-state index contributed by atoms with van der Waals surface area (Å²) in [6.45, 7) is 1.90. The number of aryl methyl sites for hydroxylation is 1. The Balaban J connectivity index is 2.29. The van der Waals surface area contributed by atoms with Gasteiger partial charge in [-0.15, -0.1) is 0 Å². The molecule has 1 N–H and O–H groups in total. The van der Waals surface area contributed by atoms with Gasteiger partial charge in [0, 0.05) is 0 Å². The summed E-state index contributed by atoms with van der Waals surface area (Å²) < 4.78 is 13.2. The molecule has 0 unspecified atom stereocenters. The molecule has 1 aliphatic carbocycles. The molecule has 1 saturated carbocycles. The standard InChI is InChI=1S/C14H17FO2/c1-10-4-5-12(15)8-11(10)9-14(13(16)17)6-2-3-7-14/h4-5,8H,2-3,6-7,9H2,1H3,(H,16,17). The number of halogens is 1. The lowest BCUT2D eigenvalue weighted by Gasteiger charge is -2.24. The average Bonchev–Trinajstić information content (AvgIpc) is 2.73. The predicted octanol–water partition coefficient (Wildman–Crippen LogP) is 3.32. The van der Waals surface area contributed by atoms with Crippen LogP contribution in [0.4, 0.5) is 4.39 Å². The van der Waals surface area contributed by atoms with Crippen LogP contribution >= 0.6 is 0 Å². The number of rotatable bonds is 3. The normalized spacial score (nSPS) is 18.2. The van der Waals surface area contributed by atoms with Crippen molar-refractivity contribution in [3.05, 3.63) is 35.1 Å². The highest BCUT2D eigenvalue weighted by Gasteiger charge is 2.41. The molecule has 1 aromatic carbocycles. The van der Waals surface area contributed by atoms with Gasteiger partial charge in [-0.3, -0.25) is 4.79 Å².